The Bertz CT molecular complexity index is 1880. The van der Waals surface area contributed by atoms with Crippen LogP contribution in [0.15, 0.2) is 158 Å². The summed E-state index contributed by atoms with van der Waals surface area (Å²) in [5.41, 5.74) is 0. The number of carbonyl (C=O) groups is 3. The van der Waals surface area contributed by atoms with Gasteiger partial charge in [0.2, 0.25) is 0 Å². The van der Waals surface area contributed by atoms with E-state index in [9.17, 15) is 28.9 Å². The van der Waals surface area contributed by atoms with Crippen LogP contribution < -0.4 is 0 Å². The number of hydrogen-bond donors (Lipinski definition) is 2. The third-order valence-electron chi connectivity index (χ3n) is 11.0. The van der Waals surface area contributed by atoms with Gasteiger partial charge in [0.05, 0.1) is 26.2 Å². The second-order valence-corrected chi connectivity index (χ2v) is 19.4. The summed E-state index contributed by atoms with van der Waals surface area (Å²) in [4.78, 5) is 48.5. The summed E-state index contributed by atoms with van der Waals surface area (Å²) in [6.45, 7) is 4.10. The largest absolute Gasteiger partial charge is 0.472 e. The standard InChI is InChI=1S/C64H99O11P/c1-4-7-10-13-16-19-22-25-28-30-33-35-38-41-44-47-50-53-62(66)71-57-61(75-64(68)55-52-49-46-43-40-37-34-31-29-26-23-20-17-14-11-8-5-2)59-73-76(69,70)72-58-60(56-65)74-63(67)54-51-48-45-42-39-36-32-27-24-21-18-15-12-9-6-3/h7-12,16-21,25-29,32-35,37,39,42,48,51,60-61,65H,4-6,13-15,22-24,30-31,36,38,40-41,43-47,49-50,52-59H2,1-3H3,(H,69,70)/b10-7-,11-8-,12-9-,19-16-,20-17-,21-18-,28-25-,29-26-,32-27-,35-33-,37-34-,42-39-,51-48-. The Morgan fingerprint density at radius 3 is 1.08 bits per heavy atom. The van der Waals surface area contributed by atoms with Crippen molar-refractivity contribution in [3.63, 3.8) is 0 Å². The van der Waals surface area contributed by atoms with E-state index in [4.69, 9.17) is 23.3 Å². The van der Waals surface area contributed by atoms with E-state index in [1.54, 1.807) is 6.08 Å². The zero-order valence-electron chi connectivity index (χ0n) is 46.9. The highest BCUT2D eigenvalue weighted by molar-refractivity contribution is 7.47. The van der Waals surface area contributed by atoms with E-state index in [0.717, 1.165) is 128 Å². The third-order valence-corrected chi connectivity index (χ3v) is 11.9. The average molecular weight is 1080 g/mol. The van der Waals surface area contributed by atoms with Gasteiger partial charge in [0.1, 0.15) is 12.7 Å². The molecule has 0 spiro atoms. The van der Waals surface area contributed by atoms with Gasteiger partial charge < -0.3 is 24.2 Å². The smallest absolute Gasteiger partial charge is 0.462 e. The molecule has 76 heavy (non-hydrogen) atoms. The number of unbranched alkanes of at least 4 members (excludes halogenated alkanes) is 8. The van der Waals surface area contributed by atoms with E-state index >= 15 is 0 Å². The molecule has 0 rings (SSSR count). The molecule has 0 amide bonds. The van der Waals surface area contributed by atoms with E-state index in [1.165, 1.54) is 0 Å². The van der Waals surface area contributed by atoms with Gasteiger partial charge in [-0.15, -0.1) is 0 Å². The first-order chi connectivity index (χ1) is 37.2. The predicted molar refractivity (Wildman–Crippen MR) is 315 cm³/mol. The van der Waals surface area contributed by atoms with Gasteiger partial charge in [0.15, 0.2) is 6.10 Å². The lowest BCUT2D eigenvalue weighted by Gasteiger charge is -2.21. The Labute approximate surface area is 460 Å². The number of phosphoric acid groups is 1. The van der Waals surface area contributed by atoms with E-state index in [2.05, 4.69) is 154 Å². The summed E-state index contributed by atoms with van der Waals surface area (Å²) in [6, 6.07) is 0. The lowest BCUT2D eigenvalue weighted by Crippen LogP contribution is -2.30. The number of carbonyl (C=O) groups excluding carboxylic acids is 3. The van der Waals surface area contributed by atoms with Crippen molar-refractivity contribution in [1.82, 2.24) is 0 Å². The Balaban J connectivity index is 4.93. The summed E-state index contributed by atoms with van der Waals surface area (Å²) >= 11 is 0. The van der Waals surface area contributed by atoms with Crippen LogP contribution in [0.4, 0.5) is 0 Å². The highest BCUT2D eigenvalue weighted by atomic mass is 31.2. The van der Waals surface area contributed by atoms with Crippen LogP contribution in [0, 0.1) is 0 Å². The summed E-state index contributed by atoms with van der Waals surface area (Å²) < 4.78 is 39.3. The highest BCUT2D eigenvalue weighted by Gasteiger charge is 2.28. The van der Waals surface area contributed by atoms with E-state index in [0.29, 0.717) is 19.3 Å². The number of phosphoric ester groups is 1. The molecule has 0 aliphatic rings. The van der Waals surface area contributed by atoms with Crippen LogP contribution in [0.1, 0.15) is 188 Å². The van der Waals surface area contributed by atoms with Crippen molar-refractivity contribution in [2.24, 2.45) is 0 Å². The van der Waals surface area contributed by atoms with Crippen molar-refractivity contribution in [1.29, 1.82) is 0 Å². The normalized spacial score (nSPS) is 14.5. The van der Waals surface area contributed by atoms with Crippen LogP contribution in [0.5, 0.6) is 0 Å². The summed E-state index contributed by atoms with van der Waals surface area (Å²) in [6.07, 6.45) is 73.7. The van der Waals surface area contributed by atoms with Gasteiger partial charge in [0.25, 0.3) is 0 Å². The Hall–Kier alpha value is -4.90. The molecule has 0 saturated heterocycles. The minimum atomic E-state index is -4.80. The first-order valence-electron chi connectivity index (χ1n) is 28.4. The van der Waals surface area contributed by atoms with E-state index < -0.39 is 57.8 Å². The molecule has 2 N–H and O–H groups in total. The maximum absolute atomic E-state index is 12.9. The zero-order valence-corrected chi connectivity index (χ0v) is 47.8. The summed E-state index contributed by atoms with van der Waals surface area (Å²) in [7, 11) is -4.80. The minimum Gasteiger partial charge on any atom is -0.462 e. The van der Waals surface area contributed by atoms with Gasteiger partial charge in [-0.25, -0.2) is 4.57 Å². The van der Waals surface area contributed by atoms with Crippen molar-refractivity contribution < 1.29 is 52.2 Å². The van der Waals surface area contributed by atoms with Gasteiger partial charge in [-0.05, 0) is 122 Å². The molecule has 3 unspecified atom stereocenters. The van der Waals surface area contributed by atoms with Gasteiger partial charge in [-0.1, -0.05) is 204 Å². The molecule has 0 aromatic rings. The molecule has 0 radical (unpaired) electrons. The fourth-order valence-corrected chi connectivity index (χ4v) is 7.55. The molecule has 3 atom stereocenters. The minimum absolute atomic E-state index is 0.0677. The Morgan fingerprint density at radius 2 is 0.697 bits per heavy atom. The van der Waals surface area contributed by atoms with Crippen LogP contribution in [0.2, 0.25) is 0 Å². The summed E-state index contributed by atoms with van der Waals surface area (Å²) in [5, 5.41) is 9.79. The monoisotopic (exact) mass is 1070 g/mol. The molecule has 0 aliphatic heterocycles. The second kappa shape index (κ2) is 56.3. The SMILES string of the molecule is CC/C=C\C/C=C\C/C=C\C/C=C\C/C=C\CC(=O)OC(CO)COP(=O)(O)OCC(COC(=O)CCCCCC/C=C\C/C=C\C/C=C\C/C=C\CC)OC(=O)CCCCCC/C=C\C/C=C\C/C=C\C/C=C\CC. The number of aliphatic hydroxyl groups is 1. The molecular weight excluding hydrogens is 976 g/mol. The molecule has 426 valence electrons. The lowest BCUT2D eigenvalue weighted by molar-refractivity contribution is -0.161. The van der Waals surface area contributed by atoms with Crippen LogP contribution >= 0.6 is 7.82 Å². The molecule has 0 heterocycles. The fourth-order valence-electron chi connectivity index (χ4n) is 6.76. The van der Waals surface area contributed by atoms with Crippen molar-refractivity contribution in [3.05, 3.63) is 158 Å². The molecule has 0 bridgehead atoms. The Kier molecular flexibility index (Phi) is 52.7. The van der Waals surface area contributed by atoms with Gasteiger partial charge >= 0.3 is 25.7 Å². The maximum atomic E-state index is 12.9. The van der Waals surface area contributed by atoms with Crippen LogP contribution in [-0.4, -0.2) is 66.5 Å². The van der Waals surface area contributed by atoms with Gasteiger partial charge in [-0.3, -0.25) is 23.4 Å². The molecule has 0 aromatic carbocycles. The molecule has 0 fully saturated rings. The summed E-state index contributed by atoms with van der Waals surface area (Å²) in [5.74, 6) is -1.68. The zero-order chi connectivity index (χ0) is 55.5. The van der Waals surface area contributed by atoms with Crippen LogP contribution in [-0.2, 0) is 42.2 Å². The van der Waals surface area contributed by atoms with Crippen molar-refractivity contribution in [2.75, 3.05) is 26.4 Å². The molecule has 0 aromatic heterocycles. The first kappa shape index (κ1) is 71.1. The van der Waals surface area contributed by atoms with Crippen LogP contribution in [0.3, 0.4) is 0 Å². The number of ether oxygens (including phenoxy) is 3. The van der Waals surface area contributed by atoms with Crippen molar-refractivity contribution in [3.8, 4) is 0 Å². The quantitative estimate of drug-likeness (QED) is 0.0197. The number of aliphatic hydroxyl groups excluding tert-OH is 1. The second-order valence-electron chi connectivity index (χ2n) is 18.0. The predicted octanol–water partition coefficient (Wildman–Crippen LogP) is 16.9. The van der Waals surface area contributed by atoms with E-state index in [1.807, 2.05) is 18.2 Å². The first-order valence-corrected chi connectivity index (χ1v) is 29.9. The fraction of sp³-hybridized carbons (Fsp3) is 0.547. The number of rotatable bonds is 50. The maximum Gasteiger partial charge on any atom is 0.472 e. The van der Waals surface area contributed by atoms with Crippen molar-refractivity contribution >= 4 is 25.7 Å². The number of esters is 3. The molecular formula is C64H99O11P. The van der Waals surface area contributed by atoms with Crippen molar-refractivity contribution in [2.45, 2.75) is 200 Å². The van der Waals surface area contributed by atoms with Gasteiger partial charge in [0, 0.05) is 12.8 Å². The third kappa shape index (κ3) is 53.9. The van der Waals surface area contributed by atoms with Crippen LogP contribution in [0.25, 0.3) is 0 Å². The topological polar surface area (TPSA) is 155 Å². The lowest BCUT2D eigenvalue weighted by atomic mass is 10.1. The number of allylic oxidation sites excluding steroid dienone is 25. The van der Waals surface area contributed by atoms with Gasteiger partial charge in [-0.2, -0.15) is 0 Å². The van der Waals surface area contributed by atoms with E-state index in [-0.39, 0.29) is 25.9 Å². The molecule has 12 heteroatoms. The average Bonchev–Trinajstić information content (AvgIpc) is 3.41. The molecule has 11 nitrogen and oxygen atoms in total. The number of hydrogen-bond acceptors (Lipinski definition) is 10. The molecule has 0 saturated carbocycles. The molecule has 0 aliphatic carbocycles. The highest BCUT2D eigenvalue weighted by Crippen LogP contribution is 2.43. The Morgan fingerprint density at radius 1 is 0.382 bits per heavy atom.